The molecule has 7 heteroatoms. The second-order valence-corrected chi connectivity index (χ2v) is 5.28. The Morgan fingerprint density at radius 1 is 1.40 bits per heavy atom. The molecule has 0 amide bonds. The molecule has 2 aliphatic rings. The van der Waals surface area contributed by atoms with Crippen molar-refractivity contribution in [2.24, 2.45) is 0 Å². The van der Waals surface area contributed by atoms with Crippen molar-refractivity contribution in [2.75, 3.05) is 24.7 Å². The second-order valence-electron chi connectivity index (χ2n) is 4.67. The van der Waals surface area contributed by atoms with E-state index >= 15 is 0 Å². The maximum absolute atomic E-state index is 12.0. The minimum atomic E-state index is 0.292. The highest BCUT2D eigenvalue weighted by atomic mass is 32.2. The van der Waals surface area contributed by atoms with Crippen molar-refractivity contribution in [1.29, 1.82) is 0 Å². The summed E-state index contributed by atoms with van der Waals surface area (Å²) in [6.07, 6.45) is 0.958. The van der Waals surface area contributed by atoms with E-state index in [4.69, 9.17) is 4.74 Å². The number of nitroso groups, excluding NO2 is 1. The number of hydrogen-bond acceptors (Lipinski definition) is 6. The maximum atomic E-state index is 12.0. The molecule has 0 spiro atoms. The quantitative estimate of drug-likeness (QED) is 0.654. The van der Waals surface area contributed by atoms with Gasteiger partial charge in [-0.2, -0.15) is 4.72 Å². The lowest BCUT2D eigenvalue weighted by molar-refractivity contribution is -0.505. The van der Waals surface area contributed by atoms with Crippen LogP contribution in [0.2, 0.25) is 0 Å². The molecule has 2 aliphatic heterocycles. The third-order valence-electron chi connectivity index (χ3n) is 3.17. The molecule has 0 unspecified atom stereocenters. The van der Waals surface area contributed by atoms with E-state index in [0.717, 1.165) is 28.3 Å². The summed E-state index contributed by atoms with van der Waals surface area (Å²) in [5.74, 6) is 1.45. The fourth-order valence-corrected chi connectivity index (χ4v) is 2.89. The number of anilines is 1. The number of ether oxygens (including phenoxy) is 1. The molecule has 106 valence electrons. The van der Waals surface area contributed by atoms with Crippen molar-refractivity contribution in [3.8, 4) is 5.75 Å². The van der Waals surface area contributed by atoms with Gasteiger partial charge >= 0.3 is 5.82 Å². The molecule has 0 saturated carbocycles. The molecular weight excluding hydrogens is 276 g/mol. The molecular formula is C13H17N4O2S+. The van der Waals surface area contributed by atoms with E-state index in [1.165, 1.54) is 12.1 Å². The molecule has 1 aromatic carbocycles. The first-order valence-electron chi connectivity index (χ1n) is 6.62. The van der Waals surface area contributed by atoms with Gasteiger partial charge in [-0.25, -0.2) is 0 Å². The number of nitrogens with one attached hydrogen (secondary N) is 2. The number of hydrogen-bond donors (Lipinski definition) is 2. The van der Waals surface area contributed by atoms with Gasteiger partial charge in [0.1, 0.15) is 11.4 Å². The van der Waals surface area contributed by atoms with Crippen molar-refractivity contribution in [2.45, 2.75) is 13.3 Å². The van der Waals surface area contributed by atoms with E-state index in [2.05, 4.69) is 16.4 Å². The Hall–Kier alpha value is -1.89. The predicted molar refractivity (Wildman–Crippen MR) is 79.0 cm³/mol. The molecule has 0 aromatic heterocycles. The first-order chi connectivity index (χ1) is 9.79. The smallest absolute Gasteiger partial charge is 0.350 e. The van der Waals surface area contributed by atoms with Gasteiger partial charge in [0.2, 0.25) is 6.67 Å². The second kappa shape index (κ2) is 5.62. The molecule has 6 nitrogen and oxygen atoms in total. The summed E-state index contributed by atoms with van der Waals surface area (Å²) in [5.41, 5.74) is 1.86. The zero-order valence-electron chi connectivity index (χ0n) is 11.3. The van der Waals surface area contributed by atoms with Crippen molar-refractivity contribution in [1.82, 2.24) is 9.44 Å². The first-order valence-corrected chi connectivity index (χ1v) is 7.43. The molecule has 0 fully saturated rings. The minimum absolute atomic E-state index is 0.292. The Morgan fingerprint density at radius 2 is 2.25 bits per heavy atom. The van der Waals surface area contributed by atoms with Gasteiger partial charge in [-0.3, -0.25) is 4.72 Å². The van der Waals surface area contributed by atoms with Crippen LogP contribution in [0.4, 0.5) is 5.69 Å². The number of benzene rings is 1. The van der Waals surface area contributed by atoms with Crippen LogP contribution in [0.25, 0.3) is 0 Å². The highest BCUT2D eigenvalue weighted by Gasteiger charge is 2.36. The fraction of sp³-hybridized carbons (Fsp3) is 0.385. The molecule has 0 radical (unpaired) electrons. The summed E-state index contributed by atoms with van der Waals surface area (Å²) >= 11 is 1.32. The van der Waals surface area contributed by atoms with Gasteiger partial charge in [-0.05, 0) is 23.3 Å². The SMILES string of the molecule is CCCOc1ccccc1N1CC2=C(NSN2)[N+](=O)C1. The molecule has 1 aromatic rings. The average molecular weight is 293 g/mol. The van der Waals surface area contributed by atoms with Crippen LogP contribution in [-0.2, 0) is 0 Å². The third-order valence-corrected chi connectivity index (χ3v) is 3.82. The lowest BCUT2D eigenvalue weighted by Gasteiger charge is -2.26. The average Bonchev–Trinajstić information content (AvgIpc) is 2.94. The van der Waals surface area contributed by atoms with Gasteiger partial charge in [0, 0.05) is 0 Å². The Kier molecular flexibility index (Phi) is 3.68. The van der Waals surface area contributed by atoms with Crippen LogP contribution < -0.4 is 19.1 Å². The van der Waals surface area contributed by atoms with E-state index in [1.54, 1.807) is 0 Å². The fourth-order valence-electron chi connectivity index (χ4n) is 2.23. The number of para-hydroxylation sites is 2. The van der Waals surface area contributed by atoms with Gasteiger partial charge in [-0.1, -0.05) is 24.0 Å². The third kappa shape index (κ3) is 2.40. The van der Waals surface area contributed by atoms with Gasteiger partial charge in [0.15, 0.2) is 12.1 Å². The maximum Gasteiger partial charge on any atom is 0.350 e. The largest absolute Gasteiger partial charge is 0.491 e. The Bertz CT molecular complexity index is 561. The zero-order chi connectivity index (χ0) is 13.9. The van der Waals surface area contributed by atoms with Crippen LogP contribution in [0.5, 0.6) is 5.75 Å². The molecule has 0 atom stereocenters. The van der Waals surface area contributed by atoms with Crippen LogP contribution in [0.15, 0.2) is 35.8 Å². The highest BCUT2D eigenvalue weighted by molar-refractivity contribution is 7.95. The summed E-state index contributed by atoms with van der Waals surface area (Å²) in [7, 11) is 0. The van der Waals surface area contributed by atoms with Crippen molar-refractivity contribution >= 4 is 17.8 Å². The zero-order valence-corrected chi connectivity index (χ0v) is 12.1. The standard InChI is InChI=1S/C13H17N4O2S/c1-2-7-19-12-6-4-3-5-11(12)16-8-10-13(15-20-14-10)17(18)9-16/h3-6,14-15H,2,7-9H2,1H3/q+1. The van der Waals surface area contributed by atoms with Gasteiger partial charge in [0.25, 0.3) is 0 Å². The Labute approximate surface area is 122 Å². The van der Waals surface area contributed by atoms with Gasteiger partial charge in [-0.15, -0.1) is 0 Å². The normalized spacial score (nSPS) is 17.6. The van der Waals surface area contributed by atoms with E-state index in [0.29, 0.717) is 25.6 Å². The van der Waals surface area contributed by atoms with Gasteiger partial charge < -0.3 is 9.64 Å². The lowest BCUT2D eigenvalue weighted by Crippen LogP contribution is -2.40. The Morgan fingerprint density at radius 3 is 3.10 bits per heavy atom. The monoisotopic (exact) mass is 293 g/mol. The lowest BCUT2D eigenvalue weighted by atomic mass is 10.2. The van der Waals surface area contributed by atoms with Crippen LogP contribution in [-0.4, -0.2) is 24.6 Å². The molecule has 2 heterocycles. The molecule has 0 saturated heterocycles. The van der Waals surface area contributed by atoms with Crippen LogP contribution in [0, 0.1) is 4.91 Å². The van der Waals surface area contributed by atoms with Crippen molar-refractivity contribution < 1.29 is 9.50 Å². The minimum Gasteiger partial charge on any atom is -0.491 e. The number of nitrogens with zero attached hydrogens (tertiary/aromatic N) is 2. The molecule has 0 aliphatic carbocycles. The van der Waals surface area contributed by atoms with Crippen LogP contribution in [0.3, 0.4) is 0 Å². The van der Waals surface area contributed by atoms with E-state index in [9.17, 15) is 4.91 Å². The summed E-state index contributed by atoms with van der Waals surface area (Å²) < 4.78 is 12.8. The highest BCUT2D eigenvalue weighted by Crippen LogP contribution is 2.31. The summed E-state index contributed by atoms with van der Waals surface area (Å²) in [4.78, 5) is 14.1. The first kappa shape index (κ1) is 13.1. The van der Waals surface area contributed by atoms with Crippen molar-refractivity contribution in [3.63, 3.8) is 0 Å². The van der Waals surface area contributed by atoms with E-state index in [1.807, 2.05) is 29.2 Å². The molecule has 3 rings (SSSR count). The van der Waals surface area contributed by atoms with Crippen LogP contribution >= 0.6 is 12.1 Å². The van der Waals surface area contributed by atoms with Crippen LogP contribution in [0.1, 0.15) is 13.3 Å². The molecule has 2 N–H and O–H groups in total. The summed E-state index contributed by atoms with van der Waals surface area (Å²) in [6.45, 7) is 3.71. The Balaban J connectivity index is 1.85. The van der Waals surface area contributed by atoms with E-state index in [-0.39, 0.29) is 0 Å². The van der Waals surface area contributed by atoms with Gasteiger partial charge in [0.05, 0.1) is 18.8 Å². The topological polar surface area (TPSA) is 56.6 Å². The molecule has 20 heavy (non-hydrogen) atoms. The summed E-state index contributed by atoms with van der Waals surface area (Å²) in [6, 6.07) is 7.84. The van der Waals surface area contributed by atoms with E-state index < -0.39 is 0 Å². The summed E-state index contributed by atoms with van der Waals surface area (Å²) in [5, 5.41) is 0. The number of rotatable bonds is 4. The van der Waals surface area contributed by atoms with Crippen molar-refractivity contribution in [3.05, 3.63) is 40.7 Å². The predicted octanol–water partition coefficient (Wildman–Crippen LogP) is 1.96. The molecule has 0 bridgehead atoms.